The predicted octanol–water partition coefficient (Wildman–Crippen LogP) is 4.55. The predicted molar refractivity (Wildman–Crippen MR) is 85.4 cm³/mol. The number of benzene rings is 2. The highest BCUT2D eigenvalue weighted by atomic mass is 35.5. The Kier molecular flexibility index (Phi) is 2.98. The van der Waals surface area contributed by atoms with E-state index in [4.69, 9.17) is 11.6 Å². The van der Waals surface area contributed by atoms with E-state index in [1.165, 1.54) is 0 Å². The molecule has 0 N–H and O–H groups in total. The number of carbonyl (C=O) groups excluding carboxylic acids is 1. The Morgan fingerprint density at radius 3 is 2.70 bits per heavy atom. The monoisotopic (exact) mass is 319 g/mol. The molecule has 2 aliphatic heterocycles. The molecule has 100 valence electrons. The molecule has 1 amide bonds. The number of amides is 1. The van der Waals surface area contributed by atoms with Crippen molar-refractivity contribution in [3.8, 4) is 0 Å². The molecule has 0 aliphatic carbocycles. The number of anilines is 1. The maximum Gasteiger partial charge on any atom is 0.246 e. The van der Waals surface area contributed by atoms with Gasteiger partial charge in [-0.15, -0.1) is 11.8 Å². The first-order chi connectivity index (χ1) is 9.74. The summed E-state index contributed by atoms with van der Waals surface area (Å²) in [6.07, 6.45) is 0. The van der Waals surface area contributed by atoms with Gasteiger partial charge in [0.2, 0.25) is 5.91 Å². The van der Waals surface area contributed by atoms with Gasteiger partial charge in [-0.05, 0) is 23.8 Å². The smallest absolute Gasteiger partial charge is 0.246 e. The molecular formula is C15H10ClNOS2. The van der Waals surface area contributed by atoms with Gasteiger partial charge < -0.3 is 0 Å². The summed E-state index contributed by atoms with van der Waals surface area (Å²) < 4.78 is 0.126. The second kappa shape index (κ2) is 4.72. The summed E-state index contributed by atoms with van der Waals surface area (Å²) in [5.74, 6) is 0.153. The van der Waals surface area contributed by atoms with Crippen molar-refractivity contribution in [3.05, 3.63) is 59.1 Å². The number of hydrogen-bond acceptors (Lipinski definition) is 3. The average Bonchev–Trinajstić information content (AvgIpc) is 2.97. The highest BCUT2D eigenvalue weighted by Crippen LogP contribution is 2.57. The SMILES string of the molecule is O=C1C(c2ccccc2)SC2Sc3ccc(Cl)cc3N12. The number of rotatable bonds is 1. The van der Waals surface area contributed by atoms with Gasteiger partial charge in [0, 0.05) is 9.92 Å². The van der Waals surface area contributed by atoms with Gasteiger partial charge in [0.15, 0.2) is 0 Å². The Hall–Kier alpha value is -1.10. The van der Waals surface area contributed by atoms with Crippen molar-refractivity contribution >= 4 is 46.7 Å². The number of fused-ring (bicyclic) bond motifs is 3. The zero-order valence-electron chi connectivity index (χ0n) is 10.3. The molecule has 1 fully saturated rings. The van der Waals surface area contributed by atoms with E-state index in [1.807, 2.05) is 53.4 Å². The van der Waals surface area contributed by atoms with Gasteiger partial charge in [-0.3, -0.25) is 9.69 Å². The van der Waals surface area contributed by atoms with Gasteiger partial charge in [-0.1, -0.05) is 53.7 Å². The van der Waals surface area contributed by atoms with Crippen molar-refractivity contribution in [1.82, 2.24) is 0 Å². The average molecular weight is 320 g/mol. The lowest BCUT2D eigenvalue weighted by atomic mass is 10.1. The van der Waals surface area contributed by atoms with Crippen LogP contribution in [0.1, 0.15) is 10.8 Å². The maximum atomic E-state index is 12.7. The third-order valence-electron chi connectivity index (χ3n) is 3.44. The molecule has 2 aromatic rings. The molecule has 0 aromatic heterocycles. The molecule has 0 saturated carbocycles. The Morgan fingerprint density at radius 1 is 1.10 bits per heavy atom. The number of hydrogen-bond donors (Lipinski definition) is 0. The van der Waals surface area contributed by atoms with Crippen LogP contribution in [0.5, 0.6) is 0 Å². The molecule has 20 heavy (non-hydrogen) atoms. The molecule has 1 saturated heterocycles. The Labute approximate surface area is 130 Å². The largest absolute Gasteiger partial charge is 0.288 e. The van der Waals surface area contributed by atoms with Crippen LogP contribution in [0.25, 0.3) is 0 Å². The Bertz CT molecular complexity index is 692. The Morgan fingerprint density at radius 2 is 1.90 bits per heavy atom. The van der Waals surface area contributed by atoms with Crippen molar-refractivity contribution in [2.45, 2.75) is 14.9 Å². The van der Waals surface area contributed by atoms with Crippen molar-refractivity contribution in [1.29, 1.82) is 0 Å². The van der Waals surface area contributed by atoms with Crippen LogP contribution < -0.4 is 4.90 Å². The Balaban J connectivity index is 1.73. The molecule has 4 rings (SSSR count). The maximum absolute atomic E-state index is 12.7. The van der Waals surface area contributed by atoms with Crippen molar-refractivity contribution in [2.75, 3.05) is 4.90 Å². The van der Waals surface area contributed by atoms with Crippen LogP contribution in [0, 0.1) is 0 Å². The van der Waals surface area contributed by atoms with E-state index in [1.54, 1.807) is 23.5 Å². The summed E-state index contributed by atoms with van der Waals surface area (Å²) in [6, 6.07) is 15.7. The van der Waals surface area contributed by atoms with E-state index in [2.05, 4.69) is 0 Å². The van der Waals surface area contributed by atoms with Crippen LogP contribution in [0.3, 0.4) is 0 Å². The first kappa shape index (κ1) is 12.6. The second-order valence-corrected chi connectivity index (χ2v) is 7.72. The van der Waals surface area contributed by atoms with Crippen molar-refractivity contribution in [2.24, 2.45) is 0 Å². The quantitative estimate of drug-likeness (QED) is 0.769. The van der Waals surface area contributed by atoms with E-state index in [0.717, 1.165) is 16.1 Å². The van der Waals surface area contributed by atoms with E-state index in [0.29, 0.717) is 5.02 Å². The summed E-state index contributed by atoms with van der Waals surface area (Å²) in [6.45, 7) is 0. The molecule has 2 aliphatic rings. The van der Waals surface area contributed by atoms with Crippen LogP contribution in [-0.2, 0) is 4.79 Å². The van der Waals surface area contributed by atoms with Crippen LogP contribution in [0.15, 0.2) is 53.4 Å². The second-order valence-electron chi connectivity index (χ2n) is 4.67. The summed E-state index contributed by atoms with van der Waals surface area (Å²) in [5.41, 5.74) is 2.02. The molecule has 2 heterocycles. The van der Waals surface area contributed by atoms with Gasteiger partial charge in [-0.2, -0.15) is 0 Å². The first-order valence-corrected chi connectivity index (χ1v) is 8.44. The third-order valence-corrected chi connectivity index (χ3v) is 6.49. The normalized spacial score (nSPS) is 23.9. The topological polar surface area (TPSA) is 20.3 Å². The van der Waals surface area contributed by atoms with E-state index in [9.17, 15) is 4.79 Å². The number of halogens is 1. The van der Waals surface area contributed by atoms with E-state index < -0.39 is 0 Å². The highest BCUT2D eigenvalue weighted by Gasteiger charge is 2.46. The van der Waals surface area contributed by atoms with Crippen LogP contribution in [-0.4, -0.2) is 10.6 Å². The lowest BCUT2D eigenvalue weighted by Crippen LogP contribution is -2.28. The molecule has 0 bridgehead atoms. The number of carbonyl (C=O) groups is 1. The molecule has 2 unspecified atom stereocenters. The van der Waals surface area contributed by atoms with Crippen molar-refractivity contribution in [3.63, 3.8) is 0 Å². The highest BCUT2D eigenvalue weighted by molar-refractivity contribution is 8.18. The fourth-order valence-electron chi connectivity index (χ4n) is 2.51. The third kappa shape index (κ3) is 1.86. The summed E-state index contributed by atoms with van der Waals surface area (Å²) in [7, 11) is 0. The lowest BCUT2D eigenvalue weighted by molar-refractivity contribution is -0.117. The molecular weight excluding hydrogens is 310 g/mol. The van der Waals surface area contributed by atoms with Gasteiger partial charge in [0.25, 0.3) is 0 Å². The first-order valence-electron chi connectivity index (χ1n) is 6.24. The van der Waals surface area contributed by atoms with Crippen LogP contribution in [0.4, 0.5) is 5.69 Å². The molecule has 2 aromatic carbocycles. The minimum Gasteiger partial charge on any atom is -0.288 e. The number of thioether (sulfide) groups is 2. The molecule has 2 atom stereocenters. The van der Waals surface area contributed by atoms with Crippen molar-refractivity contribution < 1.29 is 4.79 Å². The fourth-order valence-corrected chi connectivity index (χ4v) is 5.63. The minimum absolute atomic E-state index is 0.110. The summed E-state index contributed by atoms with van der Waals surface area (Å²) in [4.78, 5) is 15.7. The molecule has 2 nitrogen and oxygen atoms in total. The van der Waals surface area contributed by atoms with E-state index >= 15 is 0 Å². The standard InChI is InChI=1S/C15H10ClNOS2/c16-10-6-7-12-11(8-10)17-14(18)13(20-15(17)19-12)9-4-2-1-3-5-9/h1-8,13,15H. The molecule has 5 heteroatoms. The van der Waals surface area contributed by atoms with E-state index in [-0.39, 0.29) is 15.9 Å². The van der Waals surface area contributed by atoms with Gasteiger partial charge >= 0.3 is 0 Å². The minimum atomic E-state index is -0.110. The van der Waals surface area contributed by atoms with Crippen LogP contribution in [0.2, 0.25) is 5.02 Å². The van der Waals surface area contributed by atoms with Gasteiger partial charge in [0.1, 0.15) is 9.96 Å². The summed E-state index contributed by atoms with van der Waals surface area (Å²) in [5, 5.41) is 0.562. The number of nitrogens with zero attached hydrogens (tertiary/aromatic N) is 1. The fraction of sp³-hybridized carbons (Fsp3) is 0.133. The van der Waals surface area contributed by atoms with Gasteiger partial charge in [0.05, 0.1) is 5.69 Å². The molecule has 0 spiro atoms. The lowest BCUT2D eigenvalue weighted by Gasteiger charge is -2.15. The van der Waals surface area contributed by atoms with Gasteiger partial charge in [-0.25, -0.2) is 0 Å². The zero-order chi connectivity index (χ0) is 13.7. The molecule has 0 radical (unpaired) electrons. The zero-order valence-corrected chi connectivity index (χ0v) is 12.7. The van der Waals surface area contributed by atoms with Crippen LogP contribution >= 0.6 is 35.1 Å². The summed E-state index contributed by atoms with van der Waals surface area (Å²) >= 11 is 9.49.